The van der Waals surface area contributed by atoms with Gasteiger partial charge in [0, 0.05) is 18.9 Å². The van der Waals surface area contributed by atoms with Gasteiger partial charge in [-0.2, -0.15) is 21.5 Å². The molecular formula is C12H16N6S. The van der Waals surface area contributed by atoms with E-state index in [9.17, 15) is 0 Å². The lowest BCUT2D eigenvalue weighted by molar-refractivity contribution is 0.470. The molecule has 1 N–H and O–H groups in total. The lowest BCUT2D eigenvalue weighted by Gasteiger charge is -2.26. The number of hydrogen-bond donors (Lipinski definition) is 1. The Balaban J connectivity index is 1.72. The molecule has 0 radical (unpaired) electrons. The molecule has 2 aromatic rings. The Morgan fingerprint density at radius 2 is 2.16 bits per heavy atom. The van der Waals surface area contributed by atoms with Crippen LogP contribution < -0.4 is 5.32 Å². The van der Waals surface area contributed by atoms with Crippen molar-refractivity contribution in [3.05, 3.63) is 30.6 Å². The van der Waals surface area contributed by atoms with Gasteiger partial charge in [-0.25, -0.2) is 15.0 Å². The van der Waals surface area contributed by atoms with Gasteiger partial charge in [0.1, 0.15) is 6.33 Å². The average Bonchev–Trinajstić information content (AvgIpc) is 2.87. The van der Waals surface area contributed by atoms with Crippen molar-refractivity contribution in [3.63, 3.8) is 0 Å². The third-order valence-electron chi connectivity index (χ3n) is 3.12. The summed E-state index contributed by atoms with van der Waals surface area (Å²) in [6.07, 6.45) is 4.96. The van der Waals surface area contributed by atoms with E-state index in [2.05, 4.69) is 32.3 Å². The van der Waals surface area contributed by atoms with E-state index in [1.165, 1.54) is 11.5 Å². The zero-order chi connectivity index (χ0) is 13.1. The summed E-state index contributed by atoms with van der Waals surface area (Å²) in [6.45, 7) is 3.12. The van der Waals surface area contributed by atoms with Crippen LogP contribution in [-0.2, 0) is 0 Å². The average molecular weight is 276 g/mol. The summed E-state index contributed by atoms with van der Waals surface area (Å²) in [5.74, 6) is 4.71. The van der Waals surface area contributed by atoms with Crippen molar-refractivity contribution in [2.45, 2.75) is 13.0 Å². The van der Waals surface area contributed by atoms with Crippen LogP contribution in [0.25, 0.3) is 5.95 Å². The zero-order valence-electron chi connectivity index (χ0n) is 10.7. The number of rotatable bonds is 5. The monoisotopic (exact) mass is 276 g/mol. The van der Waals surface area contributed by atoms with Crippen LogP contribution in [0.15, 0.2) is 24.8 Å². The summed E-state index contributed by atoms with van der Waals surface area (Å²) in [6, 6.07) is 1.92. The van der Waals surface area contributed by atoms with Crippen molar-refractivity contribution < 1.29 is 0 Å². The molecule has 1 fully saturated rings. The molecule has 7 heteroatoms. The normalized spacial score (nSPS) is 17.1. The van der Waals surface area contributed by atoms with Gasteiger partial charge in [-0.15, -0.1) is 0 Å². The Hall–Kier alpha value is -1.47. The van der Waals surface area contributed by atoms with Gasteiger partial charge in [-0.05, 0) is 30.4 Å². The molecule has 3 heterocycles. The van der Waals surface area contributed by atoms with E-state index in [-0.39, 0.29) is 6.04 Å². The maximum atomic E-state index is 4.32. The molecule has 0 aromatic carbocycles. The minimum atomic E-state index is 0.136. The molecule has 0 amide bonds. The molecule has 0 spiro atoms. The smallest absolute Gasteiger partial charge is 0.252 e. The van der Waals surface area contributed by atoms with Gasteiger partial charge in [0.05, 0.1) is 6.04 Å². The Morgan fingerprint density at radius 1 is 1.37 bits per heavy atom. The Kier molecular flexibility index (Phi) is 3.74. The number of nitrogens with one attached hydrogen (secondary N) is 1. The van der Waals surface area contributed by atoms with Crippen molar-refractivity contribution in [3.8, 4) is 5.95 Å². The van der Waals surface area contributed by atoms with Crippen molar-refractivity contribution in [2.24, 2.45) is 5.92 Å². The maximum absolute atomic E-state index is 4.32. The van der Waals surface area contributed by atoms with Gasteiger partial charge in [0.25, 0.3) is 5.95 Å². The second-order valence-electron chi connectivity index (χ2n) is 4.61. The number of thioether (sulfide) groups is 1. The predicted octanol–water partition coefficient (Wildman–Crippen LogP) is 1.07. The SMILES string of the molecule is CC(NCC1CSC1)c1ncnn1-c1ncccn1. The molecule has 6 nitrogen and oxygen atoms in total. The number of aromatic nitrogens is 5. The van der Waals surface area contributed by atoms with E-state index >= 15 is 0 Å². The largest absolute Gasteiger partial charge is 0.307 e. The summed E-state index contributed by atoms with van der Waals surface area (Å²) >= 11 is 2.00. The van der Waals surface area contributed by atoms with Crippen LogP contribution in [0.3, 0.4) is 0 Å². The van der Waals surface area contributed by atoms with E-state index in [1.54, 1.807) is 29.5 Å². The highest BCUT2D eigenvalue weighted by Gasteiger charge is 2.21. The maximum Gasteiger partial charge on any atom is 0.252 e. The third kappa shape index (κ3) is 2.76. The number of nitrogens with zero attached hydrogens (tertiary/aromatic N) is 5. The quantitative estimate of drug-likeness (QED) is 0.881. The topological polar surface area (TPSA) is 68.5 Å². The van der Waals surface area contributed by atoms with E-state index in [0.717, 1.165) is 18.3 Å². The van der Waals surface area contributed by atoms with E-state index in [1.807, 2.05) is 11.8 Å². The van der Waals surface area contributed by atoms with Crippen LogP contribution in [0.5, 0.6) is 0 Å². The Bertz CT molecular complexity index is 524. The summed E-state index contributed by atoms with van der Waals surface area (Å²) < 4.78 is 1.69. The molecule has 100 valence electrons. The lowest BCUT2D eigenvalue weighted by Crippen LogP contribution is -2.33. The highest BCUT2D eigenvalue weighted by atomic mass is 32.2. The fourth-order valence-electron chi connectivity index (χ4n) is 1.94. The molecule has 1 saturated heterocycles. The fourth-order valence-corrected chi connectivity index (χ4v) is 2.74. The molecule has 0 aliphatic carbocycles. The molecule has 3 rings (SSSR count). The van der Waals surface area contributed by atoms with Crippen molar-refractivity contribution in [1.29, 1.82) is 0 Å². The molecule has 2 aromatic heterocycles. The standard InChI is InChI=1S/C12H16N6S/c1-9(15-5-10-6-19-7-10)11-16-8-17-18(11)12-13-3-2-4-14-12/h2-4,8-10,15H,5-7H2,1H3. The molecule has 1 unspecified atom stereocenters. The molecular weight excluding hydrogens is 260 g/mol. The van der Waals surface area contributed by atoms with Crippen molar-refractivity contribution in [1.82, 2.24) is 30.0 Å². The van der Waals surface area contributed by atoms with Crippen molar-refractivity contribution >= 4 is 11.8 Å². The van der Waals surface area contributed by atoms with Crippen LogP contribution in [0, 0.1) is 5.92 Å². The third-order valence-corrected chi connectivity index (χ3v) is 4.54. The summed E-state index contributed by atoms with van der Waals surface area (Å²) in [5.41, 5.74) is 0. The first-order chi connectivity index (χ1) is 9.34. The minimum absolute atomic E-state index is 0.136. The van der Waals surface area contributed by atoms with Gasteiger partial charge in [-0.3, -0.25) is 0 Å². The van der Waals surface area contributed by atoms with E-state index in [4.69, 9.17) is 0 Å². The second kappa shape index (κ2) is 5.66. The van der Waals surface area contributed by atoms with E-state index in [0.29, 0.717) is 5.95 Å². The molecule has 1 atom stereocenters. The molecule has 0 saturated carbocycles. The number of hydrogen-bond acceptors (Lipinski definition) is 6. The first-order valence-corrected chi connectivity index (χ1v) is 7.48. The molecule has 1 aliphatic heterocycles. The van der Waals surface area contributed by atoms with E-state index < -0.39 is 0 Å². The second-order valence-corrected chi connectivity index (χ2v) is 5.69. The minimum Gasteiger partial charge on any atom is -0.307 e. The van der Waals surface area contributed by atoms with Crippen LogP contribution in [0.2, 0.25) is 0 Å². The molecule has 0 bridgehead atoms. The highest BCUT2D eigenvalue weighted by molar-refractivity contribution is 8.00. The summed E-state index contributed by atoms with van der Waals surface area (Å²) in [7, 11) is 0. The zero-order valence-corrected chi connectivity index (χ0v) is 11.5. The molecule has 19 heavy (non-hydrogen) atoms. The van der Waals surface area contributed by atoms with Crippen LogP contribution in [0.4, 0.5) is 0 Å². The van der Waals surface area contributed by atoms with Crippen molar-refractivity contribution in [2.75, 3.05) is 18.1 Å². The van der Waals surface area contributed by atoms with Crippen LogP contribution >= 0.6 is 11.8 Å². The molecule has 1 aliphatic rings. The highest BCUT2D eigenvalue weighted by Crippen LogP contribution is 2.24. The predicted molar refractivity (Wildman–Crippen MR) is 74.2 cm³/mol. The van der Waals surface area contributed by atoms with Crippen LogP contribution in [0.1, 0.15) is 18.8 Å². The van der Waals surface area contributed by atoms with Gasteiger partial charge in [0.2, 0.25) is 0 Å². The van der Waals surface area contributed by atoms with Gasteiger partial charge in [-0.1, -0.05) is 0 Å². The van der Waals surface area contributed by atoms with Gasteiger partial charge in [0.15, 0.2) is 5.82 Å². The Morgan fingerprint density at radius 3 is 2.84 bits per heavy atom. The first-order valence-electron chi connectivity index (χ1n) is 6.33. The Labute approximate surface area is 116 Å². The van der Waals surface area contributed by atoms with Crippen LogP contribution in [-0.4, -0.2) is 42.8 Å². The lowest BCUT2D eigenvalue weighted by atomic mass is 10.2. The van der Waals surface area contributed by atoms with Gasteiger partial charge >= 0.3 is 0 Å². The first kappa shape index (κ1) is 12.6. The summed E-state index contributed by atoms with van der Waals surface area (Å²) in [4.78, 5) is 12.7. The van der Waals surface area contributed by atoms with Gasteiger partial charge < -0.3 is 5.32 Å². The fraction of sp³-hybridized carbons (Fsp3) is 0.500. The summed E-state index contributed by atoms with van der Waals surface area (Å²) in [5, 5.41) is 7.71.